The molecular weight excluding hydrogens is 336 g/mol. The Bertz CT molecular complexity index is 1080. The monoisotopic (exact) mass is 356 g/mol. The molecule has 1 aromatic carbocycles. The summed E-state index contributed by atoms with van der Waals surface area (Å²) in [6, 6.07) is 14.1. The predicted octanol–water partition coefficient (Wildman–Crippen LogP) is 4.17. The van der Waals surface area contributed by atoms with E-state index in [1.807, 2.05) is 55.5 Å². The number of nitrogens with one attached hydrogen (secondary N) is 2. The lowest BCUT2D eigenvalue weighted by Crippen LogP contribution is -2.10. The Labute approximate surface area is 157 Å². The number of pyridine rings is 2. The summed E-state index contributed by atoms with van der Waals surface area (Å²) in [6.45, 7) is 4.16. The van der Waals surface area contributed by atoms with Crippen LogP contribution in [0.5, 0.6) is 0 Å². The zero-order valence-corrected chi connectivity index (χ0v) is 15.3. The molecule has 0 aliphatic rings. The molecule has 0 saturated heterocycles. The maximum atomic E-state index is 4.44. The van der Waals surface area contributed by atoms with Crippen molar-refractivity contribution in [1.29, 1.82) is 0 Å². The fraction of sp³-hybridized carbons (Fsp3) is 0.0952. The highest BCUT2D eigenvalue weighted by molar-refractivity contribution is 5.94. The Balaban J connectivity index is 1.63. The second kappa shape index (κ2) is 6.92. The lowest BCUT2D eigenvalue weighted by molar-refractivity contribution is 1.07. The summed E-state index contributed by atoms with van der Waals surface area (Å²) in [5.74, 6) is 0.900. The van der Waals surface area contributed by atoms with Crippen LogP contribution in [0.1, 0.15) is 5.69 Å². The van der Waals surface area contributed by atoms with E-state index in [1.165, 1.54) is 0 Å². The van der Waals surface area contributed by atoms with Gasteiger partial charge in [-0.1, -0.05) is 18.7 Å². The molecular formula is C21H20N6. The molecule has 0 spiro atoms. The number of anilines is 2. The van der Waals surface area contributed by atoms with E-state index in [-0.39, 0.29) is 0 Å². The molecule has 0 bridgehead atoms. The Morgan fingerprint density at radius 3 is 2.67 bits per heavy atom. The van der Waals surface area contributed by atoms with Crippen LogP contribution >= 0.6 is 0 Å². The molecule has 0 unspecified atom stereocenters. The molecule has 4 rings (SSSR count). The van der Waals surface area contributed by atoms with Crippen LogP contribution in [0.4, 0.5) is 11.5 Å². The van der Waals surface area contributed by atoms with E-state index >= 15 is 0 Å². The summed E-state index contributed by atoms with van der Waals surface area (Å²) in [6.07, 6.45) is 5.41. The van der Waals surface area contributed by atoms with E-state index in [2.05, 4.69) is 44.2 Å². The lowest BCUT2D eigenvalue weighted by atomic mass is 10.0. The topological polar surface area (TPSA) is 69.7 Å². The Kier molecular flexibility index (Phi) is 4.30. The molecule has 0 amide bonds. The Morgan fingerprint density at radius 1 is 1.07 bits per heavy atom. The summed E-state index contributed by atoms with van der Waals surface area (Å²) in [4.78, 5) is 10.6. The van der Waals surface area contributed by atoms with Crippen LogP contribution < -0.4 is 10.2 Å². The minimum absolute atomic E-state index is 0.712. The van der Waals surface area contributed by atoms with E-state index in [4.69, 9.17) is 0 Å². The maximum Gasteiger partial charge on any atom is 0.128 e. The van der Waals surface area contributed by atoms with Crippen LogP contribution in [0.25, 0.3) is 27.7 Å². The summed E-state index contributed by atoms with van der Waals surface area (Å²) in [5.41, 5.74) is 5.47. The van der Waals surface area contributed by atoms with Crippen LogP contribution in [0.2, 0.25) is 0 Å². The second-order valence-corrected chi connectivity index (χ2v) is 6.48. The molecule has 6 heteroatoms. The molecule has 0 atom stereocenters. The molecule has 4 aromatic rings. The molecule has 0 radical (unpaired) electrons. The van der Waals surface area contributed by atoms with E-state index in [0.29, 0.717) is 5.70 Å². The molecule has 0 fully saturated rings. The van der Waals surface area contributed by atoms with Gasteiger partial charge in [-0.15, -0.1) is 0 Å². The van der Waals surface area contributed by atoms with Crippen LogP contribution in [-0.4, -0.2) is 34.3 Å². The fourth-order valence-electron chi connectivity index (χ4n) is 2.92. The van der Waals surface area contributed by atoms with Crippen LogP contribution in [0, 0.1) is 0 Å². The van der Waals surface area contributed by atoms with Gasteiger partial charge in [0.1, 0.15) is 11.5 Å². The Hall–Kier alpha value is -3.67. The lowest BCUT2D eigenvalue weighted by Gasteiger charge is -2.12. The van der Waals surface area contributed by atoms with Crippen LogP contribution in [0.15, 0.2) is 67.6 Å². The van der Waals surface area contributed by atoms with Crippen molar-refractivity contribution >= 4 is 28.1 Å². The van der Waals surface area contributed by atoms with Gasteiger partial charge in [-0.05, 0) is 35.9 Å². The van der Waals surface area contributed by atoms with Gasteiger partial charge in [0, 0.05) is 37.4 Å². The largest absolute Gasteiger partial charge is 0.363 e. The minimum Gasteiger partial charge on any atom is -0.363 e. The average Bonchev–Trinajstić information content (AvgIpc) is 3.12. The van der Waals surface area contributed by atoms with Crippen LogP contribution in [-0.2, 0) is 0 Å². The average molecular weight is 356 g/mol. The van der Waals surface area contributed by atoms with E-state index in [0.717, 1.165) is 39.2 Å². The normalized spacial score (nSPS) is 10.7. The molecule has 0 saturated carbocycles. The van der Waals surface area contributed by atoms with Gasteiger partial charge in [0.15, 0.2) is 0 Å². The predicted molar refractivity (Wildman–Crippen MR) is 111 cm³/mol. The molecule has 0 aliphatic carbocycles. The van der Waals surface area contributed by atoms with Gasteiger partial charge < -0.3 is 10.2 Å². The van der Waals surface area contributed by atoms with Crippen molar-refractivity contribution in [3.63, 3.8) is 0 Å². The smallest absolute Gasteiger partial charge is 0.128 e. The van der Waals surface area contributed by atoms with Crippen molar-refractivity contribution in [3.05, 3.63) is 73.3 Å². The number of hydrogen-bond donors (Lipinski definition) is 2. The number of fused-ring (bicyclic) bond motifs is 1. The first-order valence-corrected chi connectivity index (χ1v) is 8.60. The number of benzene rings is 1. The number of nitrogens with zero attached hydrogens (tertiary/aromatic N) is 4. The number of H-pyrrole nitrogens is 1. The third-order valence-electron chi connectivity index (χ3n) is 4.34. The molecule has 27 heavy (non-hydrogen) atoms. The third-order valence-corrected chi connectivity index (χ3v) is 4.34. The zero-order chi connectivity index (χ0) is 18.8. The first-order valence-electron chi connectivity index (χ1n) is 8.60. The minimum atomic E-state index is 0.712. The van der Waals surface area contributed by atoms with Crippen molar-refractivity contribution in [2.24, 2.45) is 0 Å². The number of rotatable bonds is 5. The van der Waals surface area contributed by atoms with Crippen molar-refractivity contribution in [1.82, 2.24) is 20.2 Å². The highest BCUT2D eigenvalue weighted by Gasteiger charge is 2.11. The first kappa shape index (κ1) is 16.8. The highest BCUT2D eigenvalue weighted by atomic mass is 15.1. The van der Waals surface area contributed by atoms with E-state index in [1.54, 1.807) is 12.4 Å². The molecule has 6 nitrogen and oxygen atoms in total. The summed E-state index contributed by atoms with van der Waals surface area (Å²) in [5, 5.41) is 11.8. The first-order chi connectivity index (χ1) is 13.1. The number of aromatic amines is 1. The number of hydrogen-bond acceptors (Lipinski definition) is 5. The quantitative estimate of drug-likeness (QED) is 0.562. The van der Waals surface area contributed by atoms with Crippen molar-refractivity contribution in [3.8, 4) is 11.1 Å². The number of aromatic nitrogens is 4. The highest BCUT2D eigenvalue weighted by Crippen LogP contribution is 2.28. The van der Waals surface area contributed by atoms with Crippen molar-refractivity contribution < 1.29 is 0 Å². The molecule has 3 heterocycles. The summed E-state index contributed by atoms with van der Waals surface area (Å²) >= 11 is 0. The van der Waals surface area contributed by atoms with Crippen molar-refractivity contribution in [2.45, 2.75) is 0 Å². The summed E-state index contributed by atoms with van der Waals surface area (Å²) in [7, 11) is 3.92. The maximum absolute atomic E-state index is 4.44. The fourth-order valence-corrected chi connectivity index (χ4v) is 2.92. The van der Waals surface area contributed by atoms with Gasteiger partial charge >= 0.3 is 0 Å². The standard InChI is InChI=1S/C21H20N6/c1-14(24-17-7-9-20(23-13-17)27(2)3)21-18-11-15(6-8-19(18)25-26-21)16-5-4-10-22-12-16/h4-13,24H,1H2,2-3H3,(H,25,26). The van der Waals surface area contributed by atoms with Gasteiger partial charge in [0.05, 0.1) is 23.1 Å². The van der Waals surface area contributed by atoms with Crippen molar-refractivity contribution in [2.75, 3.05) is 24.3 Å². The van der Waals surface area contributed by atoms with E-state index < -0.39 is 0 Å². The summed E-state index contributed by atoms with van der Waals surface area (Å²) < 4.78 is 0. The molecule has 2 N–H and O–H groups in total. The second-order valence-electron chi connectivity index (χ2n) is 6.48. The van der Waals surface area contributed by atoms with E-state index in [9.17, 15) is 0 Å². The van der Waals surface area contributed by atoms with Gasteiger partial charge in [-0.3, -0.25) is 10.1 Å². The van der Waals surface area contributed by atoms with Gasteiger partial charge in [0.2, 0.25) is 0 Å². The van der Waals surface area contributed by atoms with Gasteiger partial charge in [-0.25, -0.2) is 4.98 Å². The molecule has 134 valence electrons. The zero-order valence-electron chi connectivity index (χ0n) is 15.3. The SMILES string of the molecule is C=C(Nc1ccc(N(C)C)nc1)c1n[nH]c2ccc(-c3cccnc3)cc12. The Morgan fingerprint density at radius 2 is 1.96 bits per heavy atom. The molecule has 0 aliphatic heterocycles. The van der Waals surface area contributed by atoms with Gasteiger partial charge in [0.25, 0.3) is 0 Å². The van der Waals surface area contributed by atoms with Gasteiger partial charge in [-0.2, -0.15) is 5.10 Å². The van der Waals surface area contributed by atoms with Crippen LogP contribution in [0.3, 0.4) is 0 Å². The molecule has 3 aromatic heterocycles. The third kappa shape index (κ3) is 3.37.